The topological polar surface area (TPSA) is 45.5 Å². The van der Waals surface area contributed by atoms with Crippen LogP contribution in [0.1, 0.15) is 25.3 Å². The predicted molar refractivity (Wildman–Crippen MR) is 82.3 cm³/mol. The first-order valence-corrected chi connectivity index (χ1v) is 7.74. The van der Waals surface area contributed by atoms with Gasteiger partial charge in [0.05, 0.1) is 18.6 Å². The Morgan fingerprint density at radius 3 is 2.81 bits per heavy atom. The number of rotatable bonds is 8. The van der Waals surface area contributed by atoms with Gasteiger partial charge >= 0.3 is 0 Å². The molecule has 1 heterocycles. The minimum absolute atomic E-state index is 0.398. The van der Waals surface area contributed by atoms with Crippen molar-refractivity contribution in [2.45, 2.75) is 32.3 Å². The first-order chi connectivity index (χ1) is 10.3. The van der Waals surface area contributed by atoms with Gasteiger partial charge in [-0.25, -0.2) is 0 Å². The Hall–Kier alpha value is -1.57. The van der Waals surface area contributed by atoms with Gasteiger partial charge in [-0.3, -0.25) is 4.90 Å². The van der Waals surface area contributed by atoms with Gasteiger partial charge in [0.2, 0.25) is 0 Å². The second-order valence-corrected chi connectivity index (χ2v) is 5.36. The Morgan fingerprint density at radius 2 is 2.19 bits per heavy atom. The van der Waals surface area contributed by atoms with Gasteiger partial charge in [-0.05, 0) is 37.1 Å². The molecule has 1 saturated heterocycles. The quantitative estimate of drug-likeness (QED) is 0.737. The number of nitriles is 1. The molecule has 1 unspecified atom stereocenters. The van der Waals surface area contributed by atoms with Crippen LogP contribution in [0, 0.1) is 11.3 Å². The second-order valence-electron chi connectivity index (χ2n) is 5.36. The molecule has 1 atom stereocenters. The van der Waals surface area contributed by atoms with Crippen molar-refractivity contribution in [1.29, 1.82) is 5.26 Å². The van der Waals surface area contributed by atoms with E-state index in [-0.39, 0.29) is 0 Å². The van der Waals surface area contributed by atoms with E-state index in [0.29, 0.717) is 19.1 Å². The van der Waals surface area contributed by atoms with E-state index < -0.39 is 0 Å². The van der Waals surface area contributed by atoms with Crippen LogP contribution >= 0.6 is 0 Å². The van der Waals surface area contributed by atoms with Gasteiger partial charge in [-0.15, -0.1) is 0 Å². The Bertz CT molecular complexity index is 447. The van der Waals surface area contributed by atoms with Crippen molar-refractivity contribution in [2.75, 3.05) is 32.8 Å². The van der Waals surface area contributed by atoms with Crippen LogP contribution in [0.15, 0.2) is 24.3 Å². The summed E-state index contributed by atoms with van der Waals surface area (Å²) in [5.41, 5.74) is 1.03. The van der Waals surface area contributed by atoms with Crippen molar-refractivity contribution in [3.05, 3.63) is 29.8 Å². The van der Waals surface area contributed by atoms with Crippen LogP contribution in [-0.4, -0.2) is 43.9 Å². The molecule has 0 radical (unpaired) electrons. The van der Waals surface area contributed by atoms with Crippen molar-refractivity contribution in [3.63, 3.8) is 0 Å². The van der Waals surface area contributed by atoms with Gasteiger partial charge in [0, 0.05) is 19.7 Å². The maximum Gasteiger partial charge on any atom is 0.119 e. The summed E-state index contributed by atoms with van der Waals surface area (Å²) in [7, 11) is 0. The molecule has 0 aliphatic carbocycles. The summed E-state index contributed by atoms with van der Waals surface area (Å²) in [4.78, 5) is 2.38. The second kappa shape index (κ2) is 8.66. The first-order valence-electron chi connectivity index (χ1n) is 7.74. The average Bonchev–Trinajstić information content (AvgIpc) is 3.01. The molecule has 1 fully saturated rings. The van der Waals surface area contributed by atoms with E-state index in [0.717, 1.165) is 37.6 Å². The highest BCUT2D eigenvalue weighted by molar-refractivity contribution is 5.28. The third kappa shape index (κ3) is 5.37. The smallest absolute Gasteiger partial charge is 0.119 e. The molecule has 0 amide bonds. The number of likely N-dealkylation sites (N-methyl/N-ethyl adjacent to an activating group) is 1. The van der Waals surface area contributed by atoms with Crippen LogP contribution in [0.5, 0.6) is 5.75 Å². The molecule has 1 aromatic carbocycles. The zero-order valence-electron chi connectivity index (χ0n) is 12.8. The summed E-state index contributed by atoms with van der Waals surface area (Å²) >= 11 is 0. The zero-order valence-corrected chi connectivity index (χ0v) is 12.8. The molecule has 0 bridgehead atoms. The Labute approximate surface area is 127 Å². The van der Waals surface area contributed by atoms with E-state index in [1.54, 1.807) is 0 Å². The predicted octanol–water partition coefficient (Wildman–Crippen LogP) is 2.63. The van der Waals surface area contributed by atoms with E-state index in [2.05, 4.69) is 17.9 Å². The number of hydrogen-bond donors (Lipinski definition) is 0. The number of hydrogen-bond acceptors (Lipinski definition) is 4. The lowest BCUT2D eigenvalue weighted by atomic mass is 10.2. The lowest BCUT2D eigenvalue weighted by Crippen LogP contribution is -2.35. The highest BCUT2D eigenvalue weighted by Gasteiger charge is 2.18. The van der Waals surface area contributed by atoms with Crippen molar-refractivity contribution in [1.82, 2.24) is 4.90 Å². The minimum atomic E-state index is 0.398. The molecule has 1 aliphatic rings. The Kier molecular flexibility index (Phi) is 6.52. The third-order valence-electron chi connectivity index (χ3n) is 3.82. The van der Waals surface area contributed by atoms with Gasteiger partial charge < -0.3 is 9.47 Å². The highest BCUT2D eigenvalue weighted by atomic mass is 16.5. The maximum absolute atomic E-state index is 8.64. The van der Waals surface area contributed by atoms with Crippen LogP contribution in [0.25, 0.3) is 0 Å². The minimum Gasteiger partial charge on any atom is -0.492 e. The molecule has 0 spiro atoms. The van der Waals surface area contributed by atoms with Crippen molar-refractivity contribution in [3.8, 4) is 11.8 Å². The molecule has 2 rings (SSSR count). The lowest BCUT2D eigenvalue weighted by molar-refractivity contribution is 0.0701. The van der Waals surface area contributed by atoms with Crippen molar-refractivity contribution in [2.24, 2.45) is 0 Å². The maximum atomic E-state index is 8.64. The lowest BCUT2D eigenvalue weighted by Gasteiger charge is -2.23. The summed E-state index contributed by atoms with van der Waals surface area (Å²) in [6.07, 6.45) is 3.21. The van der Waals surface area contributed by atoms with E-state index in [4.69, 9.17) is 14.7 Å². The van der Waals surface area contributed by atoms with Gasteiger partial charge in [0.15, 0.2) is 0 Å². The summed E-state index contributed by atoms with van der Waals surface area (Å²) in [5, 5.41) is 8.64. The molecule has 114 valence electrons. The van der Waals surface area contributed by atoms with Gasteiger partial charge in [0.1, 0.15) is 12.4 Å². The summed E-state index contributed by atoms with van der Waals surface area (Å²) in [5.74, 6) is 0.866. The fourth-order valence-corrected chi connectivity index (χ4v) is 2.54. The van der Waals surface area contributed by atoms with Crippen molar-refractivity contribution >= 4 is 0 Å². The van der Waals surface area contributed by atoms with E-state index in [9.17, 15) is 0 Å². The summed E-state index contributed by atoms with van der Waals surface area (Å²) < 4.78 is 11.4. The average molecular weight is 288 g/mol. The summed E-state index contributed by atoms with van der Waals surface area (Å²) in [6, 6.07) is 9.91. The molecule has 1 aliphatic heterocycles. The molecule has 21 heavy (non-hydrogen) atoms. The SMILES string of the molecule is CCN(CCOc1ccc(CC#N)cc1)CC1CCCO1. The van der Waals surface area contributed by atoms with Crippen molar-refractivity contribution < 1.29 is 9.47 Å². The highest BCUT2D eigenvalue weighted by Crippen LogP contribution is 2.14. The largest absolute Gasteiger partial charge is 0.492 e. The van der Waals surface area contributed by atoms with Crippen LogP contribution in [0.2, 0.25) is 0 Å². The van der Waals surface area contributed by atoms with E-state index >= 15 is 0 Å². The normalized spacial score (nSPS) is 17.9. The van der Waals surface area contributed by atoms with Crippen LogP contribution < -0.4 is 4.74 Å². The zero-order chi connectivity index (χ0) is 14.9. The van der Waals surface area contributed by atoms with Crippen LogP contribution in [0.3, 0.4) is 0 Å². The molecule has 4 heteroatoms. The molecular weight excluding hydrogens is 264 g/mol. The molecule has 0 aromatic heterocycles. The van der Waals surface area contributed by atoms with Gasteiger partial charge in [-0.1, -0.05) is 19.1 Å². The summed E-state index contributed by atoms with van der Waals surface area (Å²) in [6.45, 7) is 6.69. The molecule has 4 nitrogen and oxygen atoms in total. The van der Waals surface area contributed by atoms with Gasteiger partial charge in [-0.2, -0.15) is 5.26 Å². The van der Waals surface area contributed by atoms with E-state index in [1.165, 1.54) is 12.8 Å². The number of benzene rings is 1. The standard InChI is InChI=1S/C17H24N2O2/c1-2-19(14-17-4-3-12-20-17)11-13-21-16-7-5-15(6-8-16)9-10-18/h5-8,17H,2-4,9,11-14H2,1H3. The number of ether oxygens (including phenoxy) is 2. The fraction of sp³-hybridized carbons (Fsp3) is 0.588. The van der Waals surface area contributed by atoms with Gasteiger partial charge in [0.25, 0.3) is 0 Å². The number of nitrogens with zero attached hydrogens (tertiary/aromatic N) is 2. The first kappa shape index (κ1) is 15.8. The molecule has 0 N–H and O–H groups in total. The molecule has 0 saturated carbocycles. The fourth-order valence-electron chi connectivity index (χ4n) is 2.54. The molecule has 1 aromatic rings. The van der Waals surface area contributed by atoms with E-state index in [1.807, 2.05) is 24.3 Å². The Morgan fingerprint density at radius 1 is 1.38 bits per heavy atom. The third-order valence-corrected chi connectivity index (χ3v) is 3.82. The molecular formula is C17H24N2O2. The monoisotopic (exact) mass is 288 g/mol. The van der Waals surface area contributed by atoms with Crippen LogP contribution in [0.4, 0.5) is 0 Å². The van der Waals surface area contributed by atoms with Crippen LogP contribution in [-0.2, 0) is 11.2 Å². The Balaban J connectivity index is 1.70.